The predicted molar refractivity (Wildman–Crippen MR) is 95.5 cm³/mol. The Morgan fingerprint density at radius 1 is 1.21 bits per heavy atom. The third-order valence-electron chi connectivity index (χ3n) is 3.98. The number of aromatic nitrogens is 4. The van der Waals surface area contributed by atoms with E-state index < -0.39 is 0 Å². The number of anilines is 1. The Morgan fingerprint density at radius 3 is 2.62 bits per heavy atom. The van der Waals surface area contributed by atoms with Crippen LogP contribution in [0, 0.1) is 0 Å². The van der Waals surface area contributed by atoms with Gasteiger partial charge in [0.25, 0.3) is 0 Å². The van der Waals surface area contributed by atoms with Crippen LogP contribution < -0.4 is 10.5 Å². The molecule has 0 aliphatic rings. The number of imidazole rings is 1. The van der Waals surface area contributed by atoms with Gasteiger partial charge in [-0.2, -0.15) is 0 Å². The Balaban J connectivity index is 2.07. The summed E-state index contributed by atoms with van der Waals surface area (Å²) < 4.78 is 7.29. The van der Waals surface area contributed by atoms with Crippen molar-refractivity contribution in [2.45, 2.75) is 32.7 Å². The molecule has 0 aliphatic heterocycles. The van der Waals surface area contributed by atoms with Crippen molar-refractivity contribution in [2.24, 2.45) is 0 Å². The Kier molecular flexibility index (Phi) is 4.85. The molecule has 2 aromatic heterocycles. The van der Waals surface area contributed by atoms with E-state index in [1.54, 1.807) is 7.11 Å². The molecule has 6 nitrogen and oxygen atoms in total. The first kappa shape index (κ1) is 16.5. The van der Waals surface area contributed by atoms with E-state index in [1.165, 1.54) is 0 Å². The van der Waals surface area contributed by atoms with Gasteiger partial charge in [-0.3, -0.25) is 0 Å². The number of hydrogen-bond donors (Lipinski definition) is 1. The van der Waals surface area contributed by atoms with Gasteiger partial charge in [0, 0.05) is 13.0 Å². The minimum absolute atomic E-state index is 0.306. The van der Waals surface area contributed by atoms with Gasteiger partial charge in [-0.05, 0) is 24.1 Å². The topological polar surface area (TPSA) is 78.9 Å². The van der Waals surface area contributed by atoms with Gasteiger partial charge in [0.1, 0.15) is 22.6 Å². The summed E-state index contributed by atoms with van der Waals surface area (Å²) in [7, 11) is 1.66. The van der Waals surface area contributed by atoms with Crippen LogP contribution in [0.25, 0.3) is 11.0 Å². The molecule has 2 N–H and O–H groups in total. The third-order valence-corrected chi connectivity index (χ3v) is 4.24. The van der Waals surface area contributed by atoms with E-state index in [1.807, 2.05) is 24.3 Å². The summed E-state index contributed by atoms with van der Waals surface area (Å²) in [4.78, 5) is 4.67. The number of halogens is 1. The number of benzene rings is 1. The van der Waals surface area contributed by atoms with Gasteiger partial charge in [-0.1, -0.05) is 37.1 Å². The largest absolute Gasteiger partial charge is 0.497 e. The molecule has 1 aromatic carbocycles. The normalized spacial score (nSPS) is 11.1. The molecule has 3 rings (SSSR count). The minimum Gasteiger partial charge on any atom is -0.497 e. The summed E-state index contributed by atoms with van der Waals surface area (Å²) >= 11 is 6.29. The molecule has 7 heteroatoms. The zero-order chi connectivity index (χ0) is 17.1. The Bertz CT molecular complexity index is 844. The third kappa shape index (κ3) is 3.14. The highest BCUT2D eigenvalue weighted by atomic mass is 35.5. The number of hydrogen-bond acceptors (Lipinski definition) is 5. The van der Waals surface area contributed by atoms with Crippen molar-refractivity contribution in [1.29, 1.82) is 0 Å². The van der Waals surface area contributed by atoms with Crippen molar-refractivity contribution in [3.05, 3.63) is 40.8 Å². The fourth-order valence-corrected chi connectivity index (χ4v) is 2.92. The van der Waals surface area contributed by atoms with Crippen LogP contribution in [0.4, 0.5) is 5.82 Å². The molecule has 2 heterocycles. The van der Waals surface area contributed by atoms with Gasteiger partial charge in [-0.25, -0.2) is 4.98 Å². The smallest absolute Gasteiger partial charge is 0.177 e. The van der Waals surface area contributed by atoms with Crippen molar-refractivity contribution in [1.82, 2.24) is 19.7 Å². The SMILES string of the molecule is CCCCc1nc2c(N)nnc(Cl)c2n1Cc1ccc(OC)cc1. The second-order valence-electron chi connectivity index (χ2n) is 5.64. The van der Waals surface area contributed by atoms with Crippen molar-refractivity contribution >= 4 is 28.5 Å². The summed E-state index contributed by atoms with van der Waals surface area (Å²) in [6.45, 7) is 2.80. The molecule has 0 saturated carbocycles. The standard InChI is InChI=1S/C17H20ClN5O/c1-3-4-5-13-20-14-15(16(18)21-22-17(14)19)23(13)10-11-6-8-12(24-2)9-7-11/h6-9H,3-5,10H2,1-2H3,(H2,19,22). The molecule has 126 valence electrons. The van der Waals surface area contributed by atoms with Crippen LogP contribution in [0.5, 0.6) is 5.75 Å². The first-order chi connectivity index (χ1) is 11.6. The average molecular weight is 346 g/mol. The monoisotopic (exact) mass is 345 g/mol. The van der Waals surface area contributed by atoms with Gasteiger partial charge in [-0.15, -0.1) is 10.2 Å². The van der Waals surface area contributed by atoms with E-state index in [9.17, 15) is 0 Å². The maximum atomic E-state index is 6.29. The zero-order valence-corrected chi connectivity index (χ0v) is 14.5. The molecular weight excluding hydrogens is 326 g/mol. The molecular formula is C17H20ClN5O. The summed E-state index contributed by atoms with van der Waals surface area (Å²) in [5, 5.41) is 8.14. The van der Waals surface area contributed by atoms with Gasteiger partial charge in [0.05, 0.1) is 7.11 Å². The molecule has 0 radical (unpaired) electrons. The quantitative estimate of drug-likeness (QED) is 0.740. The van der Waals surface area contributed by atoms with Crippen LogP contribution in [0.1, 0.15) is 31.2 Å². The lowest BCUT2D eigenvalue weighted by molar-refractivity contribution is 0.414. The summed E-state index contributed by atoms with van der Waals surface area (Å²) in [5.41, 5.74) is 8.43. The van der Waals surface area contributed by atoms with Gasteiger partial charge < -0.3 is 15.0 Å². The van der Waals surface area contributed by atoms with Crippen molar-refractivity contribution in [2.75, 3.05) is 12.8 Å². The molecule has 0 bridgehead atoms. The number of nitrogen functional groups attached to an aromatic ring is 1. The number of fused-ring (bicyclic) bond motifs is 1. The molecule has 0 saturated heterocycles. The maximum absolute atomic E-state index is 6.29. The van der Waals surface area contributed by atoms with Crippen LogP contribution >= 0.6 is 11.6 Å². The number of ether oxygens (including phenoxy) is 1. The van der Waals surface area contributed by atoms with E-state index in [4.69, 9.17) is 22.1 Å². The lowest BCUT2D eigenvalue weighted by atomic mass is 10.2. The van der Waals surface area contributed by atoms with Gasteiger partial charge in [0.15, 0.2) is 11.0 Å². The van der Waals surface area contributed by atoms with Crippen LogP contribution in [-0.2, 0) is 13.0 Å². The highest BCUT2D eigenvalue weighted by Gasteiger charge is 2.17. The van der Waals surface area contributed by atoms with E-state index in [-0.39, 0.29) is 0 Å². The molecule has 0 spiro atoms. The number of methoxy groups -OCH3 is 1. The molecule has 0 atom stereocenters. The van der Waals surface area contributed by atoms with E-state index in [2.05, 4.69) is 26.7 Å². The Morgan fingerprint density at radius 2 is 1.96 bits per heavy atom. The molecule has 3 aromatic rings. The first-order valence-electron chi connectivity index (χ1n) is 7.93. The lowest BCUT2D eigenvalue weighted by Crippen LogP contribution is -2.06. The first-order valence-corrected chi connectivity index (χ1v) is 8.31. The number of aryl methyl sites for hydroxylation is 1. The average Bonchev–Trinajstić information content (AvgIpc) is 2.96. The molecule has 0 aliphatic carbocycles. The Hall–Kier alpha value is -2.34. The number of rotatable bonds is 6. The minimum atomic E-state index is 0.306. The van der Waals surface area contributed by atoms with Crippen LogP contribution in [0.2, 0.25) is 5.15 Å². The fourth-order valence-electron chi connectivity index (χ4n) is 2.69. The molecule has 0 unspecified atom stereocenters. The second-order valence-corrected chi connectivity index (χ2v) is 6.00. The van der Waals surface area contributed by atoms with Crippen LogP contribution in [0.15, 0.2) is 24.3 Å². The molecule has 0 fully saturated rings. The van der Waals surface area contributed by atoms with Gasteiger partial charge >= 0.3 is 0 Å². The van der Waals surface area contributed by atoms with Crippen molar-refractivity contribution < 1.29 is 4.74 Å². The van der Waals surface area contributed by atoms with E-state index in [0.29, 0.717) is 23.0 Å². The van der Waals surface area contributed by atoms with Crippen molar-refractivity contribution in [3.8, 4) is 5.75 Å². The lowest BCUT2D eigenvalue weighted by Gasteiger charge is -2.10. The van der Waals surface area contributed by atoms with Gasteiger partial charge in [0.2, 0.25) is 0 Å². The van der Waals surface area contributed by atoms with Crippen molar-refractivity contribution in [3.63, 3.8) is 0 Å². The number of unbranched alkanes of at least 4 members (excludes halogenated alkanes) is 1. The van der Waals surface area contributed by atoms with Crippen LogP contribution in [-0.4, -0.2) is 26.9 Å². The molecule has 24 heavy (non-hydrogen) atoms. The Labute approximate surface area is 145 Å². The number of nitrogens with zero attached hydrogens (tertiary/aromatic N) is 4. The zero-order valence-electron chi connectivity index (χ0n) is 13.8. The summed E-state index contributed by atoms with van der Waals surface area (Å²) in [6, 6.07) is 7.94. The highest BCUT2D eigenvalue weighted by Crippen LogP contribution is 2.27. The summed E-state index contributed by atoms with van der Waals surface area (Å²) in [5.74, 6) is 2.08. The summed E-state index contributed by atoms with van der Waals surface area (Å²) in [6.07, 6.45) is 2.99. The number of nitrogens with two attached hydrogens (primary N) is 1. The van der Waals surface area contributed by atoms with E-state index >= 15 is 0 Å². The van der Waals surface area contributed by atoms with Crippen LogP contribution in [0.3, 0.4) is 0 Å². The highest BCUT2D eigenvalue weighted by molar-refractivity contribution is 6.33. The second kappa shape index (κ2) is 7.05. The maximum Gasteiger partial charge on any atom is 0.177 e. The van der Waals surface area contributed by atoms with E-state index in [0.717, 1.165) is 41.9 Å². The predicted octanol–water partition coefficient (Wildman–Crippen LogP) is 3.46. The molecule has 0 amide bonds. The fraction of sp³-hybridized carbons (Fsp3) is 0.353.